The van der Waals surface area contributed by atoms with Gasteiger partial charge in [-0.1, -0.05) is 165 Å². The molecular formula is C45H44O2P2. The molecule has 2 nitrogen and oxygen atoms in total. The van der Waals surface area contributed by atoms with Crippen LogP contribution in [0.5, 0.6) is 5.75 Å². The second-order valence-corrected chi connectivity index (χ2v) is 17.3. The van der Waals surface area contributed by atoms with Crippen molar-refractivity contribution in [2.75, 3.05) is 0 Å². The molecule has 1 heterocycles. The minimum atomic E-state index is -0.945. The average Bonchev–Trinajstić information content (AvgIpc) is 3.16. The van der Waals surface area contributed by atoms with Gasteiger partial charge in [0.25, 0.3) is 0 Å². The fourth-order valence-corrected chi connectivity index (χ4v) is 12.5. The van der Waals surface area contributed by atoms with E-state index in [4.69, 9.17) is 4.74 Å². The van der Waals surface area contributed by atoms with Gasteiger partial charge in [-0.15, -0.1) is 0 Å². The van der Waals surface area contributed by atoms with E-state index in [0.29, 0.717) is 11.7 Å². The van der Waals surface area contributed by atoms with Crippen molar-refractivity contribution in [1.29, 1.82) is 0 Å². The second kappa shape index (κ2) is 15.6. The van der Waals surface area contributed by atoms with Gasteiger partial charge in [-0.25, -0.2) is 0 Å². The standard InChI is InChI=1S/C45H44O2P2/c1-3-33(43(46)41(4-2)48(37-22-9-5-10-23-37)38-24-11-6-12-25-38)31-34-19-17-20-35-32-36-21-18-30-42(45(36)47-44(34)35)49(39-26-13-7-14-27-39)40-28-15-8-16-29-40/h3-16,18,21-30,34-35,44,46H,1,17,19-20,31-32H2,2H3/b41-4+,43-33-/t34-,35?,44?/m1/s1. The third kappa shape index (κ3) is 7.10. The summed E-state index contributed by atoms with van der Waals surface area (Å²) in [6, 6.07) is 49.8. The minimum absolute atomic E-state index is 0.0901. The lowest BCUT2D eigenvalue weighted by molar-refractivity contribution is 0.0256. The minimum Gasteiger partial charge on any atom is -0.507 e. The summed E-state index contributed by atoms with van der Waals surface area (Å²) >= 11 is 0. The van der Waals surface area contributed by atoms with Crippen molar-refractivity contribution in [2.45, 2.75) is 45.1 Å². The third-order valence-electron chi connectivity index (χ3n) is 9.98. The highest BCUT2D eigenvalue weighted by molar-refractivity contribution is 7.80. The fraction of sp³-hybridized carbons (Fsp3) is 0.200. The van der Waals surface area contributed by atoms with Crippen LogP contribution in [-0.4, -0.2) is 11.2 Å². The molecule has 49 heavy (non-hydrogen) atoms. The van der Waals surface area contributed by atoms with E-state index in [1.54, 1.807) is 0 Å². The number of hydrogen-bond donors (Lipinski definition) is 1. The van der Waals surface area contributed by atoms with Gasteiger partial charge >= 0.3 is 0 Å². The molecule has 0 saturated heterocycles. The quantitative estimate of drug-likeness (QED) is 0.0906. The molecule has 1 aliphatic carbocycles. The fourth-order valence-electron chi connectivity index (χ4n) is 7.71. The van der Waals surface area contributed by atoms with Crippen molar-refractivity contribution >= 4 is 42.4 Å². The zero-order chi connectivity index (χ0) is 33.6. The van der Waals surface area contributed by atoms with Crippen LogP contribution in [0.15, 0.2) is 175 Å². The highest BCUT2D eigenvalue weighted by Gasteiger charge is 2.40. The molecule has 4 heteroatoms. The Bertz CT molecular complexity index is 1840. The molecule has 1 fully saturated rings. The summed E-state index contributed by atoms with van der Waals surface area (Å²) in [4.78, 5) is 0. The Labute approximate surface area is 294 Å². The highest BCUT2D eigenvalue weighted by Crippen LogP contribution is 2.49. The molecule has 0 bridgehead atoms. The van der Waals surface area contributed by atoms with Gasteiger partial charge in [-0.3, -0.25) is 0 Å². The van der Waals surface area contributed by atoms with Crippen LogP contribution in [0.3, 0.4) is 0 Å². The van der Waals surface area contributed by atoms with Crippen LogP contribution in [0.4, 0.5) is 0 Å². The Balaban J connectivity index is 1.23. The van der Waals surface area contributed by atoms with Crippen molar-refractivity contribution in [3.63, 3.8) is 0 Å². The summed E-state index contributed by atoms with van der Waals surface area (Å²) in [6.07, 6.45) is 9.27. The first-order chi connectivity index (χ1) is 24.2. The summed E-state index contributed by atoms with van der Waals surface area (Å²) in [5.74, 6) is 2.19. The molecular weight excluding hydrogens is 634 g/mol. The van der Waals surface area contributed by atoms with Gasteiger partial charge in [0.15, 0.2) is 0 Å². The van der Waals surface area contributed by atoms with Crippen LogP contribution >= 0.6 is 15.8 Å². The number of para-hydroxylation sites is 1. The third-order valence-corrected chi connectivity index (χ3v) is 15.0. The number of ether oxygens (including phenoxy) is 1. The van der Waals surface area contributed by atoms with Crippen LogP contribution in [0.2, 0.25) is 0 Å². The number of hydrogen-bond acceptors (Lipinski definition) is 2. The molecule has 1 saturated carbocycles. The van der Waals surface area contributed by atoms with Gasteiger partial charge in [0, 0.05) is 22.5 Å². The monoisotopic (exact) mass is 678 g/mol. The van der Waals surface area contributed by atoms with Crippen molar-refractivity contribution in [3.05, 3.63) is 180 Å². The van der Waals surface area contributed by atoms with E-state index >= 15 is 0 Å². The van der Waals surface area contributed by atoms with Gasteiger partial charge in [0.05, 0.1) is 0 Å². The topological polar surface area (TPSA) is 29.5 Å². The summed E-state index contributed by atoms with van der Waals surface area (Å²) in [7, 11) is -1.73. The van der Waals surface area contributed by atoms with Gasteiger partial charge in [0.2, 0.25) is 0 Å². The van der Waals surface area contributed by atoms with Crippen molar-refractivity contribution in [2.24, 2.45) is 11.8 Å². The Morgan fingerprint density at radius 2 is 1.29 bits per heavy atom. The maximum Gasteiger partial charge on any atom is 0.131 e. The Hall–Kier alpha value is -4.22. The number of fused-ring (bicyclic) bond motifs is 2. The van der Waals surface area contributed by atoms with Gasteiger partial charge in [-0.05, 0) is 80.8 Å². The molecule has 3 atom stereocenters. The molecule has 0 aromatic heterocycles. The van der Waals surface area contributed by atoms with E-state index in [0.717, 1.165) is 35.9 Å². The Morgan fingerprint density at radius 3 is 1.82 bits per heavy atom. The maximum atomic E-state index is 12.1. The lowest BCUT2D eigenvalue weighted by Gasteiger charge is -2.43. The predicted molar refractivity (Wildman–Crippen MR) is 211 cm³/mol. The normalized spacial score (nSPS) is 19.4. The molecule has 5 aromatic carbocycles. The number of benzene rings is 5. The van der Waals surface area contributed by atoms with Gasteiger partial charge in [-0.2, -0.15) is 0 Å². The first kappa shape index (κ1) is 33.3. The first-order valence-corrected chi connectivity index (χ1v) is 20.1. The summed E-state index contributed by atoms with van der Waals surface area (Å²) in [6.45, 7) is 6.28. The molecule has 5 aromatic rings. The summed E-state index contributed by atoms with van der Waals surface area (Å²) in [5.41, 5.74) is 2.24. The zero-order valence-corrected chi connectivity index (χ0v) is 29.9. The number of allylic oxidation sites excluding steroid dienone is 4. The van der Waals surface area contributed by atoms with Crippen molar-refractivity contribution in [3.8, 4) is 5.75 Å². The summed E-state index contributed by atoms with van der Waals surface area (Å²) in [5, 5.41) is 19.5. The van der Waals surface area contributed by atoms with E-state index in [9.17, 15) is 5.11 Å². The van der Waals surface area contributed by atoms with E-state index in [1.165, 1.54) is 44.9 Å². The number of rotatable bonds is 10. The van der Waals surface area contributed by atoms with E-state index in [-0.39, 0.29) is 12.0 Å². The first-order valence-electron chi connectivity index (χ1n) is 17.5. The van der Waals surface area contributed by atoms with Crippen LogP contribution in [0, 0.1) is 11.8 Å². The van der Waals surface area contributed by atoms with Crippen molar-refractivity contribution in [1.82, 2.24) is 0 Å². The van der Waals surface area contributed by atoms with E-state index in [1.807, 2.05) is 13.0 Å². The number of aliphatic hydroxyl groups is 1. The molecule has 246 valence electrons. The van der Waals surface area contributed by atoms with Crippen LogP contribution in [0.25, 0.3) is 0 Å². The van der Waals surface area contributed by atoms with E-state index in [2.05, 4.69) is 152 Å². The molecule has 0 radical (unpaired) electrons. The molecule has 1 N–H and O–H groups in total. The maximum absolute atomic E-state index is 12.1. The summed E-state index contributed by atoms with van der Waals surface area (Å²) < 4.78 is 7.27. The van der Waals surface area contributed by atoms with Crippen LogP contribution in [0.1, 0.15) is 38.2 Å². The zero-order valence-electron chi connectivity index (χ0n) is 28.2. The van der Waals surface area contributed by atoms with Crippen LogP contribution in [-0.2, 0) is 6.42 Å². The smallest absolute Gasteiger partial charge is 0.131 e. The highest BCUT2D eigenvalue weighted by atomic mass is 31.1. The second-order valence-electron chi connectivity index (χ2n) is 13.0. The molecule has 2 aliphatic rings. The van der Waals surface area contributed by atoms with E-state index < -0.39 is 15.8 Å². The Morgan fingerprint density at radius 1 is 0.735 bits per heavy atom. The van der Waals surface area contributed by atoms with Gasteiger partial charge < -0.3 is 9.84 Å². The SMILES string of the molecule is C=C/C(C[C@H]1CCCC2Cc3cccc(P(c4ccccc4)c4ccccc4)c3OC21)=C(O)\C(=C/C)P(c1ccccc1)c1ccccc1. The predicted octanol–water partition coefficient (Wildman–Crippen LogP) is 9.59. The molecule has 0 amide bonds. The molecule has 7 rings (SSSR count). The van der Waals surface area contributed by atoms with Gasteiger partial charge in [0.1, 0.15) is 17.6 Å². The number of aliphatic hydroxyl groups excluding tert-OH is 1. The molecule has 1 aliphatic heterocycles. The Kier molecular flexibility index (Phi) is 10.6. The lowest BCUT2D eigenvalue weighted by atomic mass is 9.72. The van der Waals surface area contributed by atoms with Crippen LogP contribution < -0.4 is 31.3 Å². The average molecular weight is 679 g/mol. The largest absolute Gasteiger partial charge is 0.507 e. The van der Waals surface area contributed by atoms with Crippen molar-refractivity contribution < 1.29 is 9.84 Å². The lowest BCUT2D eigenvalue weighted by Crippen LogP contribution is -2.43. The molecule has 0 spiro atoms. The molecule has 2 unspecified atom stereocenters.